The molecule has 0 saturated carbocycles. The van der Waals surface area contributed by atoms with Gasteiger partial charge in [0.25, 0.3) is 0 Å². The Bertz CT molecular complexity index is 569. The average molecular weight is 369 g/mol. The van der Waals surface area contributed by atoms with Gasteiger partial charge in [0, 0.05) is 45.3 Å². The second-order valence-corrected chi connectivity index (χ2v) is 6.74. The number of hydrogen-bond donors (Lipinski definition) is 2. The molecule has 3 N–H and O–H groups in total. The minimum Gasteiger partial charge on any atom is -0.340 e. The molecule has 25 heavy (non-hydrogen) atoms. The van der Waals surface area contributed by atoms with Crippen LogP contribution in [0.5, 0.6) is 0 Å². The van der Waals surface area contributed by atoms with E-state index in [2.05, 4.69) is 10.2 Å². The van der Waals surface area contributed by atoms with Crippen molar-refractivity contribution in [1.82, 2.24) is 9.80 Å². The zero-order valence-electron chi connectivity index (χ0n) is 15.2. The zero-order chi connectivity index (χ0) is 17.7. The normalized spacial score (nSPS) is 16.3. The molecule has 0 spiro atoms. The van der Waals surface area contributed by atoms with Gasteiger partial charge >= 0.3 is 0 Å². The highest BCUT2D eigenvalue weighted by Gasteiger charge is 2.19. The molecule has 1 atom stereocenters. The van der Waals surface area contributed by atoms with Crippen molar-refractivity contribution in [2.75, 3.05) is 31.5 Å². The summed E-state index contributed by atoms with van der Waals surface area (Å²) in [5, 5.41) is 2.85. The van der Waals surface area contributed by atoms with E-state index >= 15 is 0 Å². The van der Waals surface area contributed by atoms with Gasteiger partial charge in [-0.3, -0.25) is 14.5 Å². The number of nitrogens with one attached hydrogen (secondary N) is 1. The van der Waals surface area contributed by atoms with Gasteiger partial charge in [0.1, 0.15) is 0 Å². The molecule has 1 aromatic carbocycles. The molecular formula is C18H29ClN4O2. The molecule has 2 amide bonds. The largest absolute Gasteiger partial charge is 0.340 e. The van der Waals surface area contributed by atoms with E-state index in [1.807, 2.05) is 43.0 Å². The SMILES string of the molecule is CC(=O)N1CCN(Cc2ccc(NC(=O)[C@@H](N)C(C)C)cc2)CC1.Cl. The molecule has 1 saturated heterocycles. The summed E-state index contributed by atoms with van der Waals surface area (Å²) in [5.74, 6) is 0.102. The average Bonchev–Trinajstić information content (AvgIpc) is 2.56. The van der Waals surface area contributed by atoms with Crippen LogP contribution < -0.4 is 11.1 Å². The molecule has 7 heteroatoms. The first kappa shape index (κ1) is 21.4. The number of nitrogens with zero attached hydrogens (tertiary/aromatic N) is 2. The highest BCUT2D eigenvalue weighted by atomic mass is 35.5. The van der Waals surface area contributed by atoms with Crippen LogP contribution in [-0.4, -0.2) is 53.8 Å². The van der Waals surface area contributed by atoms with Gasteiger partial charge < -0.3 is 16.0 Å². The van der Waals surface area contributed by atoms with Crippen LogP contribution in [0, 0.1) is 5.92 Å². The number of benzene rings is 1. The van der Waals surface area contributed by atoms with Gasteiger partial charge in [-0.15, -0.1) is 12.4 Å². The number of rotatable bonds is 5. The van der Waals surface area contributed by atoms with Crippen molar-refractivity contribution < 1.29 is 9.59 Å². The number of nitrogens with two attached hydrogens (primary N) is 1. The van der Waals surface area contributed by atoms with E-state index in [1.54, 1.807) is 6.92 Å². The zero-order valence-corrected chi connectivity index (χ0v) is 16.0. The Kier molecular flexibility index (Phi) is 8.35. The lowest BCUT2D eigenvalue weighted by Gasteiger charge is -2.34. The summed E-state index contributed by atoms with van der Waals surface area (Å²) in [6.07, 6.45) is 0. The molecule has 1 fully saturated rings. The highest BCUT2D eigenvalue weighted by molar-refractivity contribution is 5.94. The molecular weight excluding hydrogens is 340 g/mol. The van der Waals surface area contributed by atoms with Crippen molar-refractivity contribution in [2.24, 2.45) is 11.7 Å². The van der Waals surface area contributed by atoms with Crippen molar-refractivity contribution in [1.29, 1.82) is 0 Å². The van der Waals surface area contributed by atoms with E-state index in [0.29, 0.717) is 0 Å². The van der Waals surface area contributed by atoms with Crippen LogP contribution in [0.15, 0.2) is 24.3 Å². The number of amides is 2. The maximum Gasteiger partial charge on any atom is 0.241 e. The third kappa shape index (κ3) is 6.30. The maximum atomic E-state index is 12.0. The van der Waals surface area contributed by atoms with Crippen LogP contribution in [0.3, 0.4) is 0 Å². The first-order valence-corrected chi connectivity index (χ1v) is 8.50. The summed E-state index contributed by atoms with van der Waals surface area (Å²) in [6.45, 7) is 9.69. The first-order chi connectivity index (χ1) is 11.4. The standard InChI is InChI=1S/C18H28N4O2.ClH/c1-13(2)17(19)18(24)20-16-6-4-15(5-7-16)12-21-8-10-22(11-9-21)14(3)23;/h4-7,13,17H,8-12,19H2,1-3H3,(H,20,24);1H/t17-;/m0./s1. The molecule has 1 aromatic rings. The molecule has 0 aliphatic carbocycles. The molecule has 0 radical (unpaired) electrons. The predicted molar refractivity (Wildman–Crippen MR) is 103 cm³/mol. The van der Waals surface area contributed by atoms with Crippen LogP contribution in [-0.2, 0) is 16.1 Å². The summed E-state index contributed by atoms with van der Waals surface area (Å²) >= 11 is 0. The van der Waals surface area contributed by atoms with Crippen LogP contribution in [0.1, 0.15) is 26.3 Å². The lowest BCUT2D eigenvalue weighted by molar-refractivity contribution is -0.130. The second-order valence-electron chi connectivity index (χ2n) is 6.74. The van der Waals surface area contributed by atoms with Gasteiger partial charge in [0.15, 0.2) is 0 Å². The Balaban J connectivity index is 0.00000312. The Labute approximate surface area is 156 Å². The summed E-state index contributed by atoms with van der Waals surface area (Å²) in [6, 6.07) is 7.36. The minimum atomic E-state index is -0.498. The number of carbonyl (C=O) groups excluding carboxylic acids is 2. The van der Waals surface area contributed by atoms with E-state index in [0.717, 1.165) is 38.4 Å². The summed E-state index contributed by atoms with van der Waals surface area (Å²) in [4.78, 5) is 27.5. The number of anilines is 1. The van der Waals surface area contributed by atoms with Crippen molar-refractivity contribution in [3.8, 4) is 0 Å². The predicted octanol–water partition coefficient (Wildman–Crippen LogP) is 1.69. The number of carbonyl (C=O) groups is 2. The molecule has 1 aliphatic heterocycles. The van der Waals surface area contributed by atoms with Crippen LogP contribution in [0.25, 0.3) is 0 Å². The molecule has 0 bridgehead atoms. The van der Waals surface area contributed by atoms with E-state index in [4.69, 9.17) is 5.73 Å². The fourth-order valence-electron chi connectivity index (χ4n) is 2.70. The highest BCUT2D eigenvalue weighted by Crippen LogP contribution is 2.14. The lowest BCUT2D eigenvalue weighted by atomic mass is 10.0. The first-order valence-electron chi connectivity index (χ1n) is 8.50. The second kappa shape index (κ2) is 9.75. The number of hydrogen-bond acceptors (Lipinski definition) is 4. The van der Waals surface area contributed by atoms with E-state index in [1.165, 1.54) is 5.56 Å². The molecule has 6 nitrogen and oxygen atoms in total. The molecule has 1 heterocycles. The van der Waals surface area contributed by atoms with Gasteiger partial charge in [-0.05, 0) is 23.6 Å². The molecule has 1 aliphatic rings. The van der Waals surface area contributed by atoms with Gasteiger partial charge in [-0.25, -0.2) is 0 Å². The number of piperazine rings is 1. The van der Waals surface area contributed by atoms with Gasteiger partial charge in [-0.2, -0.15) is 0 Å². The smallest absolute Gasteiger partial charge is 0.241 e. The van der Waals surface area contributed by atoms with Crippen LogP contribution in [0.2, 0.25) is 0 Å². The fraction of sp³-hybridized carbons (Fsp3) is 0.556. The lowest BCUT2D eigenvalue weighted by Crippen LogP contribution is -2.47. The summed E-state index contributed by atoms with van der Waals surface area (Å²) < 4.78 is 0. The Morgan fingerprint density at radius 2 is 1.68 bits per heavy atom. The van der Waals surface area contributed by atoms with Crippen molar-refractivity contribution in [2.45, 2.75) is 33.4 Å². The van der Waals surface area contributed by atoms with Crippen LogP contribution >= 0.6 is 12.4 Å². The quantitative estimate of drug-likeness (QED) is 0.829. The number of halogens is 1. The summed E-state index contributed by atoms with van der Waals surface area (Å²) in [7, 11) is 0. The van der Waals surface area contributed by atoms with Gasteiger partial charge in [-0.1, -0.05) is 26.0 Å². The van der Waals surface area contributed by atoms with E-state index < -0.39 is 6.04 Å². The molecule has 140 valence electrons. The topological polar surface area (TPSA) is 78.7 Å². The summed E-state index contributed by atoms with van der Waals surface area (Å²) in [5.41, 5.74) is 7.80. The van der Waals surface area contributed by atoms with Gasteiger partial charge in [0.05, 0.1) is 6.04 Å². The monoisotopic (exact) mass is 368 g/mol. The third-order valence-electron chi connectivity index (χ3n) is 4.47. The minimum absolute atomic E-state index is 0. The molecule has 0 unspecified atom stereocenters. The van der Waals surface area contributed by atoms with Crippen molar-refractivity contribution in [3.05, 3.63) is 29.8 Å². The fourth-order valence-corrected chi connectivity index (χ4v) is 2.70. The van der Waals surface area contributed by atoms with Crippen LogP contribution in [0.4, 0.5) is 5.69 Å². The maximum absolute atomic E-state index is 12.0. The van der Waals surface area contributed by atoms with Crippen molar-refractivity contribution >= 4 is 29.9 Å². The van der Waals surface area contributed by atoms with Crippen molar-refractivity contribution in [3.63, 3.8) is 0 Å². The van der Waals surface area contributed by atoms with Gasteiger partial charge in [0.2, 0.25) is 11.8 Å². The molecule has 0 aromatic heterocycles. The Hall–Kier alpha value is -1.63. The third-order valence-corrected chi connectivity index (χ3v) is 4.47. The van der Waals surface area contributed by atoms with E-state index in [-0.39, 0.29) is 30.1 Å². The van der Waals surface area contributed by atoms with E-state index in [9.17, 15) is 9.59 Å². The molecule has 2 rings (SSSR count). The Morgan fingerprint density at radius 1 is 1.12 bits per heavy atom. The Morgan fingerprint density at radius 3 is 2.16 bits per heavy atom.